The van der Waals surface area contributed by atoms with E-state index in [0.29, 0.717) is 21.2 Å². The molecule has 0 aliphatic rings. The quantitative estimate of drug-likeness (QED) is 0.578. The number of hydrogen-bond donors (Lipinski definition) is 1. The number of rotatable bonds is 3. The molecule has 0 amide bonds. The molecular weight excluding hydrogens is 400 g/mol. The van der Waals surface area contributed by atoms with E-state index in [1.165, 1.54) is 12.1 Å². The van der Waals surface area contributed by atoms with Crippen LogP contribution in [0.2, 0.25) is 20.1 Å². The lowest BCUT2D eigenvalue weighted by Gasteiger charge is -2.13. The van der Waals surface area contributed by atoms with E-state index in [1.54, 1.807) is 18.2 Å². The normalized spacial score (nSPS) is 13.8. The Hall–Kier alpha value is -0.120. The molecule has 0 heterocycles. The average Bonchev–Trinajstić information content (AvgIpc) is 2.32. The third kappa shape index (κ3) is 4.43. The molecule has 9 heteroatoms. The lowest BCUT2D eigenvalue weighted by Crippen LogP contribution is -1.90. The first-order valence-electron chi connectivity index (χ1n) is 5.34. The molecule has 0 fully saturated rings. The zero-order chi connectivity index (χ0) is 15.8. The highest BCUT2D eigenvalue weighted by atomic mass is 35.7. The van der Waals surface area contributed by atoms with Crippen molar-refractivity contribution in [1.82, 2.24) is 0 Å². The van der Waals surface area contributed by atoms with Gasteiger partial charge in [0, 0.05) is 26.8 Å². The van der Waals surface area contributed by atoms with Crippen molar-refractivity contribution < 1.29 is 14.0 Å². The smallest absolute Gasteiger partial charge is 0.410 e. The summed E-state index contributed by atoms with van der Waals surface area (Å²) in [7, 11) is 0. The van der Waals surface area contributed by atoms with Crippen LogP contribution in [0, 0.1) is 0 Å². The summed E-state index contributed by atoms with van der Waals surface area (Å²) < 4.78 is 15.7. The van der Waals surface area contributed by atoms with Gasteiger partial charge in [0.1, 0.15) is 0 Å². The highest BCUT2D eigenvalue weighted by Crippen LogP contribution is 2.52. The van der Waals surface area contributed by atoms with Crippen molar-refractivity contribution >= 4 is 64.6 Å². The Morgan fingerprint density at radius 3 is 2.00 bits per heavy atom. The molecular formula is C12H6Cl5O3P. The van der Waals surface area contributed by atoms with Crippen LogP contribution in [-0.4, -0.2) is 4.89 Å². The van der Waals surface area contributed by atoms with Crippen LogP contribution < -0.4 is 4.52 Å². The molecule has 1 unspecified atom stereocenters. The maximum atomic E-state index is 11.1. The SMILES string of the molecule is O=P(O)(Cl)Oc1c(Cl)cc(-c2ccc(Cl)cc2Cl)cc1Cl. The molecule has 0 spiro atoms. The first kappa shape index (κ1) is 17.2. The number of benzene rings is 2. The fraction of sp³-hybridized carbons (Fsp3) is 0. The van der Waals surface area contributed by atoms with Crippen LogP contribution in [0.5, 0.6) is 5.75 Å². The Balaban J connectivity index is 2.51. The summed E-state index contributed by atoms with van der Waals surface area (Å²) in [5, 5.41) is 0.953. The summed E-state index contributed by atoms with van der Waals surface area (Å²) in [5.74, 6) is -0.173. The molecule has 0 saturated heterocycles. The van der Waals surface area contributed by atoms with Gasteiger partial charge in [-0.3, -0.25) is 0 Å². The van der Waals surface area contributed by atoms with Gasteiger partial charge in [0.15, 0.2) is 5.75 Å². The molecule has 0 radical (unpaired) electrons. The molecule has 1 atom stereocenters. The van der Waals surface area contributed by atoms with Crippen molar-refractivity contribution in [3.63, 3.8) is 0 Å². The Bertz CT molecular complexity index is 721. The minimum atomic E-state index is -4.28. The monoisotopic (exact) mass is 404 g/mol. The van der Waals surface area contributed by atoms with Crippen LogP contribution in [-0.2, 0) is 4.57 Å². The standard InChI is InChI=1S/C12H6Cl5O3P/c13-7-1-2-8(9(14)5-7)6-3-10(15)12(11(16)4-6)20-21(17,18)19/h1-5H,(H,18,19). The molecule has 2 aromatic rings. The van der Waals surface area contributed by atoms with Gasteiger partial charge in [-0.1, -0.05) is 52.5 Å². The molecule has 0 aliphatic heterocycles. The van der Waals surface area contributed by atoms with E-state index >= 15 is 0 Å². The summed E-state index contributed by atoms with van der Waals surface area (Å²) in [6.45, 7) is -4.28. The van der Waals surface area contributed by atoms with Gasteiger partial charge in [-0.05, 0) is 29.8 Å². The molecule has 0 bridgehead atoms. The second kappa shape index (κ2) is 6.55. The van der Waals surface area contributed by atoms with E-state index in [9.17, 15) is 4.57 Å². The van der Waals surface area contributed by atoms with Crippen molar-refractivity contribution in [3.8, 4) is 16.9 Å². The van der Waals surface area contributed by atoms with Gasteiger partial charge in [0.25, 0.3) is 0 Å². The van der Waals surface area contributed by atoms with E-state index < -0.39 is 6.95 Å². The minimum absolute atomic E-state index is 0.0263. The summed E-state index contributed by atoms with van der Waals surface area (Å²) in [4.78, 5) is 9.03. The molecule has 1 N–H and O–H groups in total. The Kier molecular flexibility index (Phi) is 5.38. The highest BCUT2D eigenvalue weighted by molar-refractivity contribution is 7.80. The number of halogens is 5. The molecule has 2 rings (SSSR count). The van der Waals surface area contributed by atoms with E-state index in [4.69, 9.17) is 62.5 Å². The fourth-order valence-corrected chi connectivity index (χ4v) is 3.46. The van der Waals surface area contributed by atoms with Gasteiger partial charge in [0.05, 0.1) is 10.0 Å². The lowest BCUT2D eigenvalue weighted by atomic mass is 10.1. The van der Waals surface area contributed by atoms with Crippen LogP contribution in [0.4, 0.5) is 0 Å². The third-order valence-corrected chi connectivity index (χ3v) is 4.17. The summed E-state index contributed by atoms with van der Waals surface area (Å²) in [6, 6.07) is 7.92. The zero-order valence-corrected chi connectivity index (χ0v) is 14.7. The first-order chi connectivity index (χ1) is 9.67. The van der Waals surface area contributed by atoms with Crippen LogP contribution >= 0.6 is 64.6 Å². The molecule has 21 heavy (non-hydrogen) atoms. The average molecular weight is 406 g/mol. The van der Waals surface area contributed by atoms with Gasteiger partial charge in [-0.15, -0.1) is 0 Å². The molecule has 0 aliphatic carbocycles. The zero-order valence-electron chi connectivity index (χ0n) is 9.99. The lowest BCUT2D eigenvalue weighted by molar-refractivity contribution is 0.401. The summed E-state index contributed by atoms with van der Waals surface area (Å²) in [5.41, 5.74) is 1.25. The predicted molar refractivity (Wildman–Crippen MR) is 88.2 cm³/mol. The van der Waals surface area contributed by atoms with Crippen LogP contribution in [0.15, 0.2) is 30.3 Å². The first-order valence-corrected chi connectivity index (χ1v) is 9.33. The molecule has 0 aromatic heterocycles. The topological polar surface area (TPSA) is 46.5 Å². The van der Waals surface area contributed by atoms with Gasteiger partial charge in [-0.2, -0.15) is 0 Å². The minimum Gasteiger partial charge on any atom is -0.410 e. The van der Waals surface area contributed by atoms with Crippen molar-refractivity contribution in [2.24, 2.45) is 0 Å². The second-order valence-electron chi connectivity index (χ2n) is 3.94. The van der Waals surface area contributed by atoms with Crippen molar-refractivity contribution in [1.29, 1.82) is 0 Å². The van der Waals surface area contributed by atoms with Gasteiger partial charge < -0.3 is 9.42 Å². The summed E-state index contributed by atoms with van der Waals surface area (Å²) >= 11 is 29.1. The number of hydrogen-bond acceptors (Lipinski definition) is 2. The van der Waals surface area contributed by atoms with Gasteiger partial charge >= 0.3 is 6.95 Å². The Morgan fingerprint density at radius 2 is 1.52 bits per heavy atom. The predicted octanol–water partition coefficient (Wildman–Crippen LogP) is 6.69. The molecule has 3 nitrogen and oxygen atoms in total. The maximum Gasteiger partial charge on any atom is 0.474 e. The van der Waals surface area contributed by atoms with Crippen LogP contribution in [0.25, 0.3) is 11.1 Å². The third-order valence-electron chi connectivity index (χ3n) is 2.44. The molecule has 0 saturated carbocycles. The second-order valence-corrected chi connectivity index (χ2v) is 7.96. The van der Waals surface area contributed by atoms with Crippen LogP contribution in [0.3, 0.4) is 0 Å². The highest BCUT2D eigenvalue weighted by Gasteiger charge is 2.21. The van der Waals surface area contributed by atoms with Crippen molar-refractivity contribution in [2.45, 2.75) is 0 Å². The largest absolute Gasteiger partial charge is 0.474 e. The maximum absolute atomic E-state index is 11.1. The van der Waals surface area contributed by atoms with E-state index in [1.807, 2.05) is 0 Å². The molecule has 2 aromatic carbocycles. The summed E-state index contributed by atoms with van der Waals surface area (Å²) in [6.07, 6.45) is 0. The Morgan fingerprint density at radius 1 is 0.952 bits per heavy atom. The van der Waals surface area contributed by atoms with E-state index in [0.717, 1.165) is 0 Å². The van der Waals surface area contributed by atoms with Crippen molar-refractivity contribution in [2.75, 3.05) is 0 Å². The van der Waals surface area contributed by atoms with E-state index in [2.05, 4.69) is 4.52 Å². The van der Waals surface area contributed by atoms with E-state index in [-0.39, 0.29) is 15.8 Å². The van der Waals surface area contributed by atoms with Gasteiger partial charge in [-0.25, -0.2) is 4.57 Å². The van der Waals surface area contributed by atoms with Crippen LogP contribution in [0.1, 0.15) is 0 Å². The van der Waals surface area contributed by atoms with Gasteiger partial charge in [0.2, 0.25) is 0 Å². The molecule has 112 valence electrons. The fourth-order valence-electron chi connectivity index (χ4n) is 1.64. The van der Waals surface area contributed by atoms with Crippen molar-refractivity contribution in [3.05, 3.63) is 50.4 Å². The Labute approximate surface area is 145 Å².